The molecule has 2 aromatic heterocycles. The van der Waals surface area contributed by atoms with Gasteiger partial charge in [0.1, 0.15) is 0 Å². The number of benzene rings is 1. The van der Waals surface area contributed by atoms with Crippen molar-refractivity contribution < 1.29 is 5.11 Å². The SMILES string of the molecule is Cc1cc2ncn(CC(O)CSc3nnc(N)s3)c2cc1C. The van der Waals surface area contributed by atoms with Crippen LogP contribution in [0.1, 0.15) is 11.1 Å². The van der Waals surface area contributed by atoms with E-state index in [1.165, 1.54) is 34.2 Å². The van der Waals surface area contributed by atoms with Gasteiger partial charge >= 0.3 is 0 Å². The van der Waals surface area contributed by atoms with E-state index in [9.17, 15) is 5.11 Å². The Morgan fingerprint density at radius 2 is 2.09 bits per heavy atom. The fraction of sp³-hybridized carbons (Fsp3) is 0.357. The number of aromatic nitrogens is 4. The van der Waals surface area contributed by atoms with Crippen molar-refractivity contribution in [3.63, 3.8) is 0 Å². The number of anilines is 1. The van der Waals surface area contributed by atoms with Crippen molar-refractivity contribution in [3.05, 3.63) is 29.6 Å². The Morgan fingerprint density at radius 1 is 1.32 bits per heavy atom. The molecule has 0 aliphatic carbocycles. The molecule has 3 N–H and O–H groups in total. The first-order valence-electron chi connectivity index (χ1n) is 6.85. The summed E-state index contributed by atoms with van der Waals surface area (Å²) in [7, 11) is 0. The van der Waals surface area contributed by atoms with Crippen LogP contribution in [-0.2, 0) is 6.54 Å². The molecule has 0 aliphatic rings. The molecule has 0 saturated carbocycles. The van der Waals surface area contributed by atoms with Gasteiger partial charge in [-0.25, -0.2) is 4.98 Å². The number of hydrogen-bond donors (Lipinski definition) is 2. The maximum absolute atomic E-state index is 10.2. The number of aliphatic hydroxyl groups excluding tert-OH is 1. The summed E-state index contributed by atoms with van der Waals surface area (Å²) in [6.45, 7) is 4.66. The predicted molar refractivity (Wildman–Crippen MR) is 90.3 cm³/mol. The Bertz CT molecular complexity index is 798. The summed E-state index contributed by atoms with van der Waals surface area (Å²) >= 11 is 2.80. The molecule has 0 saturated heterocycles. The molecule has 6 nitrogen and oxygen atoms in total. The molecular weight excluding hydrogens is 318 g/mol. The molecule has 8 heteroatoms. The first kappa shape index (κ1) is 15.3. The van der Waals surface area contributed by atoms with E-state index in [1.807, 2.05) is 4.57 Å². The minimum absolute atomic E-state index is 0.448. The highest BCUT2D eigenvalue weighted by atomic mass is 32.2. The van der Waals surface area contributed by atoms with Crippen LogP contribution in [0.3, 0.4) is 0 Å². The number of hydrogen-bond acceptors (Lipinski definition) is 7. The van der Waals surface area contributed by atoms with Gasteiger partial charge in [0.05, 0.1) is 30.0 Å². The van der Waals surface area contributed by atoms with E-state index >= 15 is 0 Å². The van der Waals surface area contributed by atoms with Crippen molar-refractivity contribution in [2.45, 2.75) is 30.8 Å². The number of imidazole rings is 1. The Hall–Kier alpha value is -1.64. The first-order chi connectivity index (χ1) is 10.5. The Kier molecular flexibility index (Phi) is 4.32. The summed E-state index contributed by atoms with van der Waals surface area (Å²) in [5, 5.41) is 18.4. The van der Waals surface area contributed by atoms with E-state index in [0.717, 1.165) is 15.4 Å². The van der Waals surface area contributed by atoms with Crippen LogP contribution in [0.2, 0.25) is 0 Å². The third kappa shape index (κ3) is 3.23. The number of nitrogen functional groups attached to an aromatic ring is 1. The van der Waals surface area contributed by atoms with E-state index in [4.69, 9.17) is 5.73 Å². The summed E-state index contributed by atoms with van der Waals surface area (Å²) in [5.41, 5.74) is 10.00. The third-order valence-corrected chi connectivity index (χ3v) is 5.50. The lowest BCUT2D eigenvalue weighted by Gasteiger charge is -2.11. The highest BCUT2D eigenvalue weighted by Gasteiger charge is 2.12. The topological polar surface area (TPSA) is 89.8 Å². The van der Waals surface area contributed by atoms with Crippen molar-refractivity contribution in [2.75, 3.05) is 11.5 Å². The van der Waals surface area contributed by atoms with Gasteiger partial charge in [-0.1, -0.05) is 23.1 Å². The molecule has 0 radical (unpaired) electrons. The van der Waals surface area contributed by atoms with Crippen molar-refractivity contribution >= 4 is 39.3 Å². The normalized spacial score (nSPS) is 12.9. The van der Waals surface area contributed by atoms with Crippen molar-refractivity contribution in [3.8, 4) is 0 Å². The van der Waals surface area contributed by atoms with Crippen LogP contribution in [0.5, 0.6) is 0 Å². The highest BCUT2D eigenvalue weighted by molar-refractivity contribution is 8.01. The van der Waals surface area contributed by atoms with E-state index < -0.39 is 6.10 Å². The lowest BCUT2D eigenvalue weighted by molar-refractivity contribution is 0.179. The Morgan fingerprint density at radius 3 is 2.82 bits per heavy atom. The van der Waals surface area contributed by atoms with Gasteiger partial charge < -0.3 is 15.4 Å². The van der Waals surface area contributed by atoms with Crippen molar-refractivity contribution in [1.82, 2.24) is 19.7 Å². The molecule has 0 aliphatic heterocycles. The highest BCUT2D eigenvalue weighted by Crippen LogP contribution is 2.25. The van der Waals surface area contributed by atoms with Gasteiger partial charge in [-0.15, -0.1) is 10.2 Å². The van der Waals surface area contributed by atoms with Crippen molar-refractivity contribution in [2.24, 2.45) is 0 Å². The van der Waals surface area contributed by atoms with Crippen LogP contribution in [0.4, 0.5) is 5.13 Å². The van der Waals surface area contributed by atoms with Crippen LogP contribution >= 0.6 is 23.1 Å². The average Bonchev–Trinajstić information content (AvgIpc) is 3.05. The zero-order valence-corrected chi connectivity index (χ0v) is 14.0. The van der Waals surface area contributed by atoms with Crippen LogP contribution < -0.4 is 5.73 Å². The van der Waals surface area contributed by atoms with Gasteiger partial charge in [-0.3, -0.25) is 0 Å². The molecule has 2 heterocycles. The number of rotatable bonds is 5. The average molecular weight is 335 g/mol. The number of thioether (sulfide) groups is 1. The number of aliphatic hydroxyl groups is 1. The molecule has 1 atom stereocenters. The maximum Gasteiger partial charge on any atom is 0.203 e. The van der Waals surface area contributed by atoms with Gasteiger partial charge in [0.25, 0.3) is 0 Å². The monoisotopic (exact) mass is 335 g/mol. The summed E-state index contributed by atoms with van der Waals surface area (Å²) < 4.78 is 2.76. The molecule has 22 heavy (non-hydrogen) atoms. The lowest BCUT2D eigenvalue weighted by Crippen LogP contribution is -2.18. The molecule has 3 rings (SSSR count). The quantitative estimate of drug-likeness (QED) is 0.695. The van der Waals surface area contributed by atoms with E-state index in [0.29, 0.717) is 17.4 Å². The minimum Gasteiger partial charge on any atom is -0.390 e. The second kappa shape index (κ2) is 6.23. The zero-order valence-electron chi connectivity index (χ0n) is 12.4. The molecule has 3 aromatic rings. The molecule has 116 valence electrons. The third-order valence-electron chi connectivity index (χ3n) is 3.47. The zero-order chi connectivity index (χ0) is 15.7. The lowest BCUT2D eigenvalue weighted by atomic mass is 10.1. The summed E-state index contributed by atoms with van der Waals surface area (Å²) in [6.07, 6.45) is 1.29. The van der Waals surface area contributed by atoms with Gasteiger partial charge in [-0.05, 0) is 37.1 Å². The molecule has 0 spiro atoms. The number of aryl methyl sites for hydroxylation is 2. The molecule has 0 amide bonds. The van der Waals surface area contributed by atoms with Crippen LogP contribution in [0.25, 0.3) is 11.0 Å². The summed E-state index contributed by atoms with van der Waals surface area (Å²) in [4.78, 5) is 4.40. The van der Waals surface area contributed by atoms with Crippen molar-refractivity contribution in [1.29, 1.82) is 0 Å². The second-order valence-corrected chi connectivity index (χ2v) is 7.47. The van der Waals surface area contributed by atoms with E-state index in [1.54, 1.807) is 6.33 Å². The largest absolute Gasteiger partial charge is 0.390 e. The van der Waals surface area contributed by atoms with Crippen LogP contribution in [0.15, 0.2) is 22.8 Å². The first-order valence-corrected chi connectivity index (χ1v) is 8.65. The number of nitrogens with zero attached hydrogens (tertiary/aromatic N) is 4. The predicted octanol–water partition coefficient (Wildman–Crippen LogP) is 2.24. The molecule has 1 unspecified atom stereocenters. The summed E-state index contributed by atoms with van der Waals surface area (Å²) in [6, 6.07) is 4.19. The van der Waals surface area contributed by atoms with Crippen LogP contribution in [0, 0.1) is 13.8 Å². The van der Waals surface area contributed by atoms with Gasteiger partial charge in [-0.2, -0.15) is 0 Å². The molecule has 1 aromatic carbocycles. The fourth-order valence-electron chi connectivity index (χ4n) is 2.18. The number of nitrogens with two attached hydrogens (primary N) is 1. The summed E-state index contributed by atoms with van der Waals surface area (Å²) in [5.74, 6) is 0.541. The smallest absolute Gasteiger partial charge is 0.203 e. The standard InChI is InChI=1S/C14H17N5OS2/c1-8-3-11-12(4-9(8)2)19(7-16-11)5-10(20)6-21-14-18-17-13(15)22-14/h3-4,7,10,20H,5-6H2,1-2H3,(H2,15,17). The molecular formula is C14H17N5OS2. The fourth-order valence-corrected chi connectivity index (χ4v) is 3.76. The molecule has 0 bridgehead atoms. The van der Waals surface area contributed by atoms with Gasteiger partial charge in [0, 0.05) is 5.75 Å². The maximum atomic E-state index is 10.2. The second-order valence-electron chi connectivity index (χ2n) is 5.19. The minimum atomic E-state index is -0.492. The van der Waals surface area contributed by atoms with Gasteiger partial charge in [0.15, 0.2) is 4.34 Å². The molecule has 0 fully saturated rings. The Balaban J connectivity index is 1.68. The Labute approximate surface area is 136 Å². The van der Waals surface area contributed by atoms with E-state index in [-0.39, 0.29) is 0 Å². The van der Waals surface area contributed by atoms with Gasteiger partial charge in [0.2, 0.25) is 5.13 Å². The number of fused-ring (bicyclic) bond motifs is 1. The van der Waals surface area contributed by atoms with Crippen LogP contribution in [-0.4, -0.2) is 36.7 Å². The van der Waals surface area contributed by atoms with E-state index in [2.05, 4.69) is 41.2 Å².